The first-order valence-corrected chi connectivity index (χ1v) is 7.90. The van der Waals surface area contributed by atoms with Gasteiger partial charge in [-0.1, -0.05) is 0 Å². The number of unbranched alkanes of at least 4 members (excludes halogenated alkanes) is 1. The number of nitrogens with zero attached hydrogens (tertiary/aromatic N) is 2. The molecule has 1 heterocycles. The molecule has 1 fully saturated rings. The van der Waals surface area contributed by atoms with Crippen LogP contribution < -0.4 is 5.73 Å². The highest BCUT2D eigenvalue weighted by Crippen LogP contribution is 2.12. The largest absolute Gasteiger partial charge is 0.330 e. The summed E-state index contributed by atoms with van der Waals surface area (Å²) < 4.78 is 25.5. The summed E-state index contributed by atoms with van der Waals surface area (Å²) in [6.07, 6.45) is 2.15. The molecule has 0 aliphatic carbocycles. The topological polar surface area (TPSA) is 66.6 Å². The Morgan fingerprint density at radius 3 is 2.18 bits per heavy atom. The number of nitrogens with two attached hydrogens (primary N) is 1. The van der Waals surface area contributed by atoms with E-state index in [1.165, 1.54) is 0 Å². The first-order valence-electron chi connectivity index (χ1n) is 6.40. The van der Waals surface area contributed by atoms with Gasteiger partial charge in [-0.25, -0.2) is 8.42 Å². The lowest BCUT2D eigenvalue weighted by atomic mass is 10.2. The van der Waals surface area contributed by atoms with Crippen molar-refractivity contribution in [3.63, 3.8) is 0 Å². The molecule has 1 rings (SSSR count). The second-order valence-electron chi connectivity index (χ2n) is 4.83. The minimum atomic E-state index is -3.06. The molecule has 1 aliphatic heterocycles. The minimum Gasteiger partial charge on any atom is -0.330 e. The molecule has 0 aromatic heterocycles. The van der Waals surface area contributed by atoms with Gasteiger partial charge in [-0.2, -0.15) is 4.31 Å². The SMILES string of the molecule is CC(C)S(=O)(=O)N1CCN(CCCCN)CC1. The molecule has 0 bridgehead atoms. The molecule has 5 nitrogen and oxygen atoms in total. The van der Waals surface area contributed by atoms with E-state index in [2.05, 4.69) is 4.90 Å². The van der Waals surface area contributed by atoms with Gasteiger partial charge >= 0.3 is 0 Å². The first-order chi connectivity index (χ1) is 7.98. The van der Waals surface area contributed by atoms with Gasteiger partial charge in [0.2, 0.25) is 10.0 Å². The van der Waals surface area contributed by atoms with Gasteiger partial charge in [0.1, 0.15) is 0 Å². The Bertz CT molecular complexity index is 309. The molecule has 0 unspecified atom stereocenters. The smallest absolute Gasteiger partial charge is 0.216 e. The average Bonchev–Trinajstić information content (AvgIpc) is 2.30. The van der Waals surface area contributed by atoms with Gasteiger partial charge < -0.3 is 10.6 Å². The third-order valence-corrected chi connectivity index (χ3v) is 5.49. The molecule has 0 spiro atoms. The van der Waals surface area contributed by atoms with Gasteiger partial charge in [-0.15, -0.1) is 0 Å². The zero-order chi connectivity index (χ0) is 12.9. The van der Waals surface area contributed by atoms with Crippen molar-refractivity contribution in [2.45, 2.75) is 31.9 Å². The summed E-state index contributed by atoms with van der Waals surface area (Å²) >= 11 is 0. The molecular weight excluding hydrogens is 238 g/mol. The van der Waals surface area contributed by atoms with Crippen molar-refractivity contribution >= 4 is 10.0 Å². The highest BCUT2D eigenvalue weighted by molar-refractivity contribution is 7.89. The maximum atomic E-state index is 11.9. The quantitative estimate of drug-likeness (QED) is 0.689. The number of sulfonamides is 1. The van der Waals surface area contributed by atoms with E-state index in [1.54, 1.807) is 18.2 Å². The molecule has 1 saturated heterocycles. The fraction of sp³-hybridized carbons (Fsp3) is 1.00. The van der Waals surface area contributed by atoms with Crippen LogP contribution >= 0.6 is 0 Å². The Hall–Kier alpha value is -0.170. The third kappa shape index (κ3) is 4.21. The van der Waals surface area contributed by atoms with Crippen molar-refractivity contribution in [2.24, 2.45) is 5.73 Å². The summed E-state index contributed by atoms with van der Waals surface area (Å²) in [5, 5.41) is -0.314. The summed E-state index contributed by atoms with van der Waals surface area (Å²) in [5.74, 6) is 0. The lowest BCUT2D eigenvalue weighted by molar-refractivity contribution is 0.185. The van der Waals surface area contributed by atoms with E-state index in [-0.39, 0.29) is 5.25 Å². The summed E-state index contributed by atoms with van der Waals surface area (Å²) in [4.78, 5) is 2.32. The lowest BCUT2D eigenvalue weighted by Crippen LogP contribution is -2.50. The first kappa shape index (κ1) is 14.9. The summed E-state index contributed by atoms with van der Waals surface area (Å²) in [7, 11) is -3.06. The summed E-state index contributed by atoms with van der Waals surface area (Å²) in [5.41, 5.74) is 5.45. The van der Waals surface area contributed by atoms with Crippen LogP contribution in [0.1, 0.15) is 26.7 Å². The van der Waals surface area contributed by atoms with Crippen LogP contribution in [0.15, 0.2) is 0 Å². The number of piperazine rings is 1. The van der Waals surface area contributed by atoms with Gasteiger partial charge in [0.05, 0.1) is 5.25 Å². The van der Waals surface area contributed by atoms with Crippen molar-refractivity contribution in [1.82, 2.24) is 9.21 Å². The van der Waals surface area contributed by atoms with Crippen molar-refractivity contribution in [2.75, 3.05) is 39.3 Å². The summed E-state index contributed by atoms with van der Waals surface area (Å²) in [6.45, 7) is 8.19. The second-order valence-corrected chi connectivity index (χ2v) is 7.32. The number of rotatable bonds is 6. The molecule has 0 saturated carbocycles. The maximum Gasteiger partial charge on any atom is 0.216 e. The van der Waals surface area contributed by atoms with E-state index < -0.39 is 10.0 Å². The van der Waals surface area contributed by atoms with Crippen molar-refractivity contribution in [1.29, 1.82) is 0 Å². The molecule has 1 aliphatic rings. The maximum absolute atomic E-state index is 11.9. The van der Waals surface area contributed by atoms with Gasteiger partial charge in [0, 0.05) is 26.2 Å². The van der Waals surface area contributed by atoms with E-state index in [1.807, 2.05) is 0 Å². The zero-order valence-electron chi connectivity index (χ0n) is 10.9. The van der Waals surface area contributed by atoms with Gasteiger partial charge in [-0.3, -0.25) is 0 Å². The number of hydrogen-bond donors (Lipinski definition) is 1. The zero-order valence-corrected chi connectivity index (χ0v) is 11.7. The molecule has 102 valence electrons. The second kappa shape index (κ2) is 6.68. The van der Waals surface area contributed by atoms with Crippen molar-refractivity contribution < 1.29 is 8.42 Å². The van der Waals surface area contributed by atoms with E-state index in [0.717, 1.165) is 39.0 Å². The Morgan fingerprint density at radius 1 is 1.12 bits per heavy atom. The van der Waals surface area contributed by atoms with Crippen LogP contribution in [0.3, 0.4) is 0 Å². The van der Waals surface area contributed by atoms with Gasteiger partial charge in [-0.05, 0) is 39.8 Å². The molecule has 2 N–H and O–H groups in total. The van der Waals surface area contributed by atoms with E-state index in [0.29, 0.717) is 13.1 Å². The Balaban J connectivity index is 2.36. The molecule has 0 aromatic rings. The van der Waals surface area contributed by atoms with E-state index in [4.69, 9.17) is 5.73 Å². The van der Waals surface area contributed by atoms with E-state index >= 15 is 0 Å². The Morgan fingerprint density at radius 2 is 1.71 bits per heavy atom. The van der Waals surface area contributed by atoms with Gasteiger partial charge in [0.25, 0.3) is 0 Å². The monoisotopic (exact) mass is 263 g/mol. The minimum absolute atomic E-state index is 0.314. The Kier molecular flexibility index (Phi) is 5.85. The van der Waals surface area contributed by atoms with Crippen LogP contribution in [0.4, 0.5) is 0 Å². The predicted molar refractivity (Wildman–Crippen MR) is 70.4 cm³/mol. The predicted octanol–water partition coefficient (Wildman–Crippen LogP) is 0.0811. The van der Waals surface area contributed by atoms with Crippen LogP contribution in [-0.2, 0) is 10.0 Å². The van der Waals surface area contributed by atoms with Gasteiger partial charge in [0.15, 0.2) is 0 Å². The van der Waals surface area contributed by atoms with Crippen LogP contribution in [0, 0.1) is 0 Å². The van der Waals surface area contributed by atoms with E-state index in [9.17, 15) is 8.42 Å². The lowest BCUT2D eigenvalue weighted by Gasteiger charge is -2.34. The molecule has 17 heavy (non-hydrogen) atoms. The highest BCUT2D eigenvalue weighted by Gasteiger charge is 2.28. The number of hydrogen-bond acceptors (Lipinski definition) is 4. The van der Waals surface area contributed by atoms with Crippen molar-refractivity contribution in [3.05, 3.63) is 0 Å². The normalized spacial score (nSPS) is 20.0. The molecule has 0 aromatic carbocycles. The van der Waals surface area contributed by atoms with Crippen LogP contribution in [0.5, 0.6) is 0 Å². The van der Waals surface area contributed by atoms with Crippen LogP contribution in [0.2, 0.25) is 0 Å². The fourth-order valence-corrected chi connectivity index (χ4v) is 3.25. The molecule has 0 amide bonds. The summed E-state index contributed by atoms with van der Waals surface area (Å²) in [6, 6.07) is 0. The van der Waals surface area contributed by atoms with Crippen molar-refractivity contribution in [3.8, 4) is 0 Å². The average molecular weight is 263 g/mol. The molecule has 0 radical (unpaired) electrons. The van der Waals surface area contributed by atoms with Crippen LogP contribution in [-0.4, -0.2) is 62.1 Å². The fourth-order valence-electron chi connectivity index (χ4n) is 1.99. The highest BCUT2D eigenvalue weighted by atomic mass is 32.2. The third-order valence-electron chi connectivity index (χ3n) is 3.22. The molecule has 0 atom stereocenters. The van der Waals surface area contributed by atoms with Crippen LogP contribution in [0.25, 0.3) is 0 Å². The molecular formula is C11H25N3O2S. The molecule has 6 heteroatoms. The Labute approximate surface area is 105 Å². The standard InChI is InChI=1S/C11H25N3O2S/c1-11(2)17(15,16)14-9-7-13(8-10-14)6-4-3-5-12/h11H,3-10,12H2,1-2H3.